The molecule has 1 aliphatic heterocycles. The number of likely N-dealkylation sites (tertiary alicyclic amines) is 1. The van der Waals surface area contributed by atoms with Crippen molar-refractivity contribution in [1.82, 2.24) is 4.90 Å². The summed E-state index contributed by atoms with van der Waals surface area (Å²) in [4.78, 5) is 25.5. The summed E-state index contributed by atoms with van der Waals surface area (Å²) in [5.41, 5.74) is -0.495. The van der Waals surface area contributed by atoms with E-state index in [-0.39, 0.29) is 24.1 Å². The maximum atomic E-state index is 12.2. The van der Waals surface area contributed by atoms with Gasteiger partial charge in [-0.05, 0) is 53.9 Å². The maximum absolute atomic E-state index is 12.2. The molecule has 0 aliphatic carbocycles. The van der Waals surface area contributed by atoms with Gasteiger partial charge in [-0.15, -0.1) is 0 Å². The molecule has 1 fully saturated rings. The van der Waals surface area contributed by atoms with Gasteiger partial charge in [0.1, 0.15) is 5.60 Å². The first-order valence-electron chi connectivity index (χ1n) is 7.41. The minimum Gasteiger partial charge on any atom is -0.466 e. The highest BCUT2D eigenvalue weighted by Crippen LogP contribution is 2.29. The van der Waals surface area contributed by atoms with Gasteiger partial charge in [0.25, 0.3) is 0 Å². The molecule has 1 aliphatic rings. The smallest absolute Gasteiger partial charge is 0.410 e. The zero-order chi connectivity index (χ0) is 15.3. The van der Waals surface area contributed by atoms with Crippen LogP contribution in [0.3, 0.4) is 0 Å². The molecule has 1 saturated heterocycles. The highest BCUT2D eigenvalue weighted by Gasteiger charge is 2.36. The Morgan fingerprint density at radius 1 is 1.25 bits per heavy atom. The van der Waals surface area contributed by atoms with Gasteiger partial charge in [0.2, 0.25) is 0 Å². The number of carbonyl (C=O) groups is 2. The van der Waals surface area contributed by atoms with Crippen molar-refractivity contribution in [3.8, 4) is 0 Å². The van der Waals surface area contributed by atoms with Crippen molar-refractivity contribution in [2.45, 2.75) is 78.0 Å². The van der Waals surface area contributed by atoms with Gasteiger partial charge in [0.15, 0.2) is 0 Å². The van der Waals surface area contributed by atoms with Crippen molar-refractivity contribution in [2.24, 2.45) is 0 Å². The zero-order valence-electron chi connectivity index (χ0n) is 13.3. The molecule has 1 heterocycles. The van der Waals surface area contributed by atoms with E-state index in [2.05, 4.69) is 0 Å². The largest absolute Gasteiger partial charge is 0.466 e. The van der Waals surface area contributed by atoms with Gasteiger partial charge in [-0.2, -0.15) is 0 Å². The molecule has 1 rings (SSSR count). The van der Waals surface area contributed by atoms with Crippen LogP contribution in [0.15, 0.2) is 0 Å². The number of rotatable bonds is 4. The van der Waals surface area contributed by atoms with Crippen molar-refractivity contribution in [3.05, 3.63) is 0 Å². The third kappa shape index (κ3) is 5.02. The minimum absolute atomic E-state index is 0.0734. The SMILES string of the molecule is CCOC(=O)CC[C@@H]1CC[C@H](C)N1C(=O)OC(C)(C)C. The van der Waals surface area contributed by atoms with E-state index in [0.717, 1.165) is 12.8 Å². The van der Waals surface area contributed by atoms with Crippen LogP contribution in [0.5, 0.6) is 0 Å². The first kappa shape index (κ1) is 16.8. The Morgan fingerprint density at radius 3 is 2.45 bits per heavy atom. The Balaban J connectivity index is 2.57. The van der Waals surface area contributed by atoms with E-state index >= 15 is 0 Å². The van der Waals surface area contributed by atoms with E-state index in [4.69, 9.17) is 9.47 Å². The highest BCUT2D eigenvalue weighted by molar-refractivity contribution is 5.71. The standard InChI is InChI=1S/C15H27NO4/c1-6-19-13(17)10-9-12-8-7-11(2)16(12)14(18)20-15(3,4)5/h11-12H,6-10H2,1-5H3/t11-,12-/m0/s1. The lowest BCUT2D eigenvalue weighted by atomic mass is 10.1. The molecule has 0 bridgehead atoms. The molecule has 5 heteroatoms. The lowest BCUT2D eigenvalue weighted by Gasteiger charge is -2.31. The fourth-order valence-corrected chi connectivity index (χ4v) is 2.52. The molecule has 0 aromatic rings. The number of hydrogen-bond donors (Lipinski definition) is 0. The van der Waals surface area contributed by atoms with Gasteiger partial charge < -0.3 is 14.4 Å². The highest BCUT2D eigenvalue weighted by atomic mass is 16.6. The second-order valence-electron chi connectivity index (χ2n) is 6.31. The van der Waals surface area contributed by atoms with Gasteiger partial charge in [0.05, 0.1) is 6.61 Å². The monoisotopic (exact) mass is 285 g/mol. The first-order chi connectivity index (χ1) is 9.24. The number of esters is 1. The van der Waals surface area contributed by atoms with E-state index in [1.807, 2.05) is 27.7 Å². The zero-order valence-corrected chi connectivity index (χ0v) is 13.3. The van der Waals surface area contributed by atoms with Crippen LogP contribution in [0.4, 0.5) is 4.79 Å². The van der Waals surface area contributed by atoms with Crippen molar-refractivity contribution in [1.29, 1.82) is 0 Å². The maximum Gasteiger partial charge on any atom is 0.410 e. The second kappa shape index (κ2) is 6.95. The molecule has 0 unspecified atom stereocenters. The predicted molar refractivity (Wildman–Crippen MR) is 76.4 cm³/mol. The Kier molecular flexibility index (Phi) is 5.84. The summed E-state index contributed by atoms with van der Waals surface area (Å²) in [6, 6.07) is 0.237. The minimum atomic E-state index is -0.495. The van der Waals surface area contributed by atoms with Crippen molar-refractivity contribution < 1.29 is 19.1 Å². The molecular formula is C15H27NO4. The summed E-state index contributed by atoms with van der Waals surface area (Å²) in [5.74, 6) is -0.198. The number of amides is 1. The van der Waals surface area contributed by atoms with E-state index in [9.17, 15) is 9.59 Å². The van der Waals surface area contributed by atoms with Crippen LogP contribution < -0.4 is 0 Å². The van der Waals surface area contributed by atoms with Gasteiger partial charge in [-0.1, -0.05) is 0 Å². The van der Waals surface area contributed by atoms with Crippen LogP contribution >= 0.6 is 0 Å². The van der Waals surface area contributed by atoms with E-state index in [0.29, 0.717) is 19.4 Å². The predicted octanol–water partition coefficient (Wildman–Crippen LogP) is 3.12. The Bertz CT molecular complexity index is 348. The fraction of sp³-hybridized carbons (Fsp3) is 0.867. The number of nitrogens with zero attached hydrogens (tertiary/aromatic N) is 1. The van der Waals surface area contributed by atoms with Crippen LogP contribution in [0, 0.1) is 0 Å². The van der Waals surface area contributed by atoms with Crippen molar-refractivity contribution >= 4 is 12.1 Å². The second-order valence-corrected chi connectivity index (χ2v) is 6.31. The molecule has 1 amide bonds. The molecule has 0 N–H and O–H groups in total. The number of hydrogen-bond acceptors (Lipinski definition) is 4. The molecule has 5 nitrogen and oxygen atoms in total. The summed E-state index contributed by atoms with van der Waals surface area (Å²) in [6.07, 6.45) is 2.58. The van der Waals surface area contributed by atoms with E-state index in [1.54, 1.807) is 11.8 Å². The average molecular weight is 285 g/mol. The molecule has 0 spiro atoms. The third-order valence-corrected chi connectivity index (χ3v) is 3.38. The summed E-state index contributed by atoms with van der Waals surface area (Å²) in [6.45, 7) is 9.80. The van der Waals surface area contributed by atoms with Crippen molar-refractivity contribution in [2.75, 3.05) is 6.61 Å². The normalized spacial score (nSPS) is 22.8. The Hall–Kier alpha value is -1.26. The summed E-state index contributed by atoms with van der Waals surface area (Å²) in [7, 11) is 0. The number of carbonyl (C=O) groups excluding carboxylic acids is 2. The molecular weight excluding hydrogens is 258 g/mol. The van der Waals surface area contributed by atoms with Crippen LogP contribution in [0.25, 0.3) is 0 Å². The van der Waals surface area contributed by atoms with Crippen LogP contribution in [0.1, 0.15) is 60.3 Å². The molecule has 20 heavy (non-hydrogen) atoms. The topological polar surface area (TPSA) is 55.8 Å². The summed E-state index contributed by atoms with van der Waals surface area (Å²) < 4.78 is 10.4. The lowest BCUT2D eigenvalue weighted by molar-refractivity contribution is -0.143. The first-order valence-corrected chi connectivity index (χ1v) is 7.41. The van der Waals surface area contributed by atoms with E-state index < -0.39 is 5.60 Å². The van der Waals surface area contributed by atoms with Gasteiger partial charge in [0, 0.05) is 18.5 Å². The van der Waals surface area contributed by atoms with E-state index in [1.165, 1.54) is 0 Å². The van der Waals surface area contributed by atoms with Gasteiger partial charge in [-0.25, -0.2) is 4.79 Å². The third-order valence-electron chi connectivity index (χ3n) is 3.38. The summed E-state index contributed by atoms with van der Waals surface area (Å²) in [5, 5.41) is 0. The van der Waals surface area contributed by atoms with Crippen molar-refractivity contribution in [3.63, 3.8) is 0 Å². The Labute approximate surface area is 121 Å². The Morgan fingerprint density at radius 2 is 1.90 bits per heavy atom. The van der Waals surface area contributed by atoms with Crippen LogP contribution in [-0.2, 0) is 14.3 Å². The molecule has 0 radical (unpaired) electrons. The molecule has 0 aromatic carbocycles. The fourth-order valence-electron chi connectivity index (χ4n) is 2.52. The number of ether oxygens (including phenoxy) is 2. The molecule has 0 saturated carbocycles. The molecule has 2 atom stereocenters. The lowest BCUT2D eigenvalue weighted by Crippen LogP contribution is -2.43. The quantitative estimate of drug-likeness (QED) is 0.745. The molecule has 116 valence electrons. The van der Waals surface area contributed by atoms with Gasteiger partial charge in [-0.3, -0.25) is 4.79 Å². The summed E-state index contributed by atoms with van der Waals surface area (Å²) >= 11 is 0. The average Bonchev–Trinajstić information content (AvgIpc) is 2.66. The van der Waals surface area contributed by atoms with Crippen LogP contribution in [-0.4, -0.2) is 41.3 Å². The molecule has 0 aromatic heterocycles. The van der Waals surface area contributed by atoms with Crippen LogP contribution in [0.2, 0.25) is 0 Å². The van der Waals surface area contributed by atoms with Gasteiger partial charge >= 0.3 is 12.1 Å².